The first-order chi connectivity index (χ1) is 7.31. The second-order valence-electron chi connectivity index (χ2n) is 3.38. The lowest BCUT2D eigenvalue weighted by Crippen LogP contribution is -2.12. The number of fused-ring (bicyclic) bond motifs is 1. The maximum Gasteiger partial charge on any atom is 0.177 e. The van der Waals surface area contributed by atoms with Gasteiger partial charge >= 0.3 is 0 Å². The first-order valence-corrected chi connectivity index (χ1v) is 6.26. The van der Waals surface area contributed by atoms with E-state index in [0.29, 0.717) is 0 Å². The Morgan fingerprint density at radius 1 is 1.60 bits per heavy atom. The van der Waals surface area contributed by atoms with Gasteiger partial charge in [-0.25, -0.2) is 9.97 Å². The normalized spacial score (nSPS) is 13.2. The Hall–Kier alpha value is -1.07. The predicted molar refractivity (Wildman–Crippen MR) is 63.8 cm³/mol. The van der Waals surface area contributed by atoms with E-state index >= 15 is 0 Å². The van der Waals surface area contributed by atoms with Crippen molar-refractivity contribution in [3.8, 4) is 0 Å². The van der Waals surface area contributed by atoms with Crippen molar-refractivity contribution in [3.05, 3.63) is 24.2 Å². The minimum atomic E-state index is -0.0216. The van der Waals surface area contributed by atoms with Crippen LogP contribution in [0, 0.1) is 0 Å². The molecule has 2 rings (SSSR count). The molecule has 3 N–H and O–H groups in total. The molecule has 0 aliphatic heterocycles. The van der Waals surface area contributed by atoms with Crippen molar-refractivity contribution in [3.63, 3.8) is 0 Å². The van der Waals surface area contributed by atoms with Gasteiger partial charge in [-0.2, -0.15) is 11.8 Å². The molecule has 0 aromatic carbocycles. The Morgan fingerprint density at radius 3 is 3.20 bits per heavy atom. The summed E-state index contributed by atoms with van der Waals surface area (Å²) in [5.41, 5.74) is 7.70. The van der Waals surface area contributed by atoms with Crippen LogP contribution < -0.4 is 5.73 Å². The van der Waals surface area contributed by atoms with Gasteiger partial charge in [-0.15, -0.1) is 0 Å². The third-order valence-electron chi connectivity index (χ3n) is 2.26. The number of pyridine rings is 1. The zero-order valence-electron chi connectivity index (χ0n) is 8.60. The van der Waals surface area contributed by atoms with Crippen molar-refractivity contribution in [1.82, 2.24) is 15.0 Å². The number of thioether (sulfide) groups is 1. The molecule has 0 aliphatic rings. The Kier molecular flexibility index (Phi) is 3.23. The highest BCUT2D eigenvalue weighted by Gasteiger charge is 2.10. The fourth-order valence-electron chi connectivity index (χ4n) is 1.42. The summed E-state index contributed by atoms with van der Waals surface area (Å²) in [6.07, 6.45) is 4.74. The highest BCUT2D eigenvalue weighted by atomic mass is 32.2. The van der Waals surface area contributed by atoms with E-state index in [9.17, 15) is 0 Å². The molecule has 80 valence electrons. The van der Waals surface area contributed by atoms with Gasteiger partial charge in [0.1, 0.15) is 5.82 Å². The van der Waals surface area contributed by atoms with Crippen LogP contribution in [0.5, 0.6) is 0 Å². The summed E-state index contributed by atoms with van der Waals surface area (Å²) in [6.45, 7) is 0. The van der Waals surface area contributed by atoms with E-state index in [-0.39, 0.29) is 6.04 Å². The minimum Gasteiger partial charge on any atom is -0.339 e. The Labute approximate surface area is 92.7 Å². The zero-order chi connectivity index (χ0) is 10.7. The standard InChI is InChI=1S/C10H14N4S/c1-15-6-4-7(11)9-13-8-3-2-5-12-10(8)14-9/h2-3,5,7H,4,6,11H2,1H3,(H,12,13,14). The van der Waals surface area contributed by atoms with Gasteiger partial charge in [0.25, 0.3) is 0 Å². The first kappa shape index (κ1) is 10.4. The number of H-pyrrole nitrogens is 1. The lowest BCUT2D eigenvalue weighted by Gasteiger charge is -2.06. The summed E-state index contributed by atoms with van der Waals surface area (Å²) in [4.78, 5) is 11.7. The molecule has 2 aromatic rings. The number of nitrogens with one attached hydrogen (secondary N) is 1. The van der Waals surface area contributed by atoms with Crippen molar-refractivity contribution in [2.45, 2.75) is 12.5 Å². The Balaban J connectivity index is 2.20. The van der Waals surface area contributed by atoms with Gasteiger partial charge in [-0.3, -0.25) is 0 Å². The largest absolute Gasteiger partial charge is 0.339 e. The topological polar surface area (TPSA) is 67.6 Å². The molecule has 5 heteroatoms. The van der Waals surface area contributed by atoms with Crippen LogP contribution in [0.2, 0.25) is 0 Å². The van der Waals surface area contributed by atoms with E-state index in [2.05, 4.69) is 21.2 Å². The molecule has 1 atom stereocenters. The van der Waals surface area contributed by atoms with Crippen LogP contribution in [-0.4, -0.2) is 27.0 Å². The molecular weight excluding hydrogens is 208 g/mol. The number of nitrogens with two attached hydrogens (primary N) is 1. The van der Waals surface area contributed by atoms with E-state index in [0.717, 1.165) is 29.2 Å². The first-order valence-electron chi connectivity index (χ1n) is 4.86. The molecule has 0 saturated carbocycles. The van der Waals surface area contributed by atoms with Gasteiger partial charge in [0.05, 0.1) is 11.6 Å². The average molecular weight is 222 g/mol. The molecule has 2 aromatic heterocycles. The number of imidazole rings is 1. The van der Waals surface area contributed by atoms with E-state index < -0.39 is 0 Å². The summed E-state index contributed by atoms with van der Waals surface area (Å²) in [7, 11) is 0. The third-order valence-corrected chi connectivity index (χ3v) is 2.90. The fourth-order valence-corrected chi connectivity index (χ4v) is 1.91. The summed E-state index contributed by atoms with van der Waals surface area (Å²) >= 11 is 1.79. The average Bonchev–Trinajstić information content (AvgIpc) is 2.69. The molecule has 4 nitrogen and oxygen atoms in total. The predicted octanol–water partition coefficient (Wildman–Crippen LogP) is 1.71. The third kappa shape index (κ3) is 2.30. The quantitative estimate of drug-likeness (QED) is 0.826. The summed E-state index contributed by atoms with van der Waals surface area (Å²) in [5.74, 6) is 1.88. The van der Waals surface area contributed by atoms with Crippen molar-refractivity contribution in [2.75, 3.05) is 12.0 Å². The molecular formula is C10H14N4S. The maximum atomic E-state index is 6.01. The van der Waals surface area contributed by atoms with Crippen molar-refractivity contribution < 1.29 is 0 Å². The van der Waals surface area contributed by atoms with Crippen LogP contribution in [0.25, 0.3) is 11.2 Å². The lowest BCUT2D eigenvalue weighted by atomic mass is 10.2. The maximum absolute atomic E-state index is 6.01. The van der Waals surface area contributed by atoms with Crippen LogP contribution >= 0.6 is 11.8 Å². The fraction of sp³-hybridized carbons (Fsp3) is 0.400. The van der Waals surface area contributed by atoms with Crippen LogP contribution in [0.4, 0.5) is 0 Å². The summed E-state index contributed by atoms with van der Waals surface area (Å²) < 4.78 is 0. The number of rotatable bonds is 4. The SMILES string of the molecule is CSCCC(N)c1nc2ncccc2[nH]1. The van der Waals surface area contributed by atoms with Crippen LogP contribution in [0.3, 0.4) is 0 Å². The molecule has 0 aliphatic carbocycles. The number of aromatic nitrogens is 3. The number of hydrogen-bond donors (Lipinski definition) is 2. The molecule has 0 radical (unpaired) electrons. The number of aromatic amines is 1. The van der Waals surface area contributed by atoms with Gasteiger partial charge in [0.15, 0.2) is 5.65 Å². The van der Waals surface area contributed by atoms with Crippen molar-refractivity contribution in [2.24, 2.45) is 5.73 Å². The zero-order valence-corrected chi connectivity index (χ0v) is 9.42. The second-order valence-corrected chi connectivity index (χ2v) is 4.37. The van der Waals surface area contributed by atoms with Gasteiger partial charge in [0.2, 0.25) is 0 Å². The second kappa shape index (κ2) is 4.63. The molecule has 0 saturated heterocycles. The highest BCUT2D eigenvalue weighted by molar-refractivity contribution is 7.98. The van der Waals surface area contributed by atoms with Gasteiger partial charge < -0.3 is 10.7 Å². The van der Waals surface area contributed by atoms with Gasteiger partial charge in [-0.1, -0.05) is 0 Å². The Morgan fingerprint density at radius 2 is 2.47 bits per heavy atom. The Bertz CT molecular complexity index is 407. The van der Waals surface area contributed by atoms with Crippen LogP contribution in [-0.2, 0) is 0 Å². The van der Waals surface area contributed by atoms with E-state index in [1.807, 2.05) is 12.1 Å². The minimum absolute atomic E-state index is 0.0216. The molecule has 2 heterocycles. The van der Waals surface area contributed by atoms with E-state index in [1.54, 1.807) is 18.0 Å². The van der Waals surface area contributed by atoms with Crippen LogP contribution in [0.15, 0.2) is 18.3 Å². The van der Waals surface area contributed by atoms with E-state index in [4.69, 9.17) is 5.73 Å². The molecule has 0 fully saturated rings. The lowest BCUT2D eigenvalue weighted by molar-refractivity contribution is 0.666. The van der Waals surface area contributed by atoms with E-state index in [1.165, 1.54) is 0 Å². The summed E-state index contributed by atoms with van der Waals surface area (Å²) in [5, 5.41) is 0. The molecule has 1 unspecified atom stereocenters. The smallest absolute Gasteiger partial charge is 0.177 e. The molecule has 15 heavy (non-hydrogen) atoms. The number of hydrogen-bond acceptors (Lipinski definition) is 4. The summed E-state index contributed by atoms with van der Waals surface area (Å²) in [6, 6.07) is 3.82. The van der Waals surface area contributed by atoms with Crippen LogP contribution in [0.1, 0.15) is 18.3 Å². The van der Waals surface area contributed by atoms with Crippen molar-refractivity contribution in [1.29, 1.82) is 0 Å². The highest BCUT2D eigenvalue weighted by Crippen LogP contribution is 2.16. The molecule has 0 amide bonds. The monoisotopic (exact) mass is 222 g/mol. The molecule has 0 spiro atoms. The number of nitrogens with zero attached hydrogens (tertiary/aromatic N) is 2. The van der Waals surface area contributed by atoms with Gasteiger partial charge in [0, 0.05) is 6.20 Å². The van der Waals surface area contributed by atoms with Gasteiger partial charge in [-0.05, 0) is 30.6 Å². The van der Waals surface area contributed by atoms with Crippen molar-refractivity contribution >= 4 is 22.9 Å². The molecule has 0 bridgehead atoms.